The third kappa shape index (κ3) is 4.47. The Hall–Kier alpha value is -5.21. The van der Waals surface area contributed by atoms with Crippen LogP contribution in [0.5, 0.6) is 5.75 Å². The van der Waals surface area contributed by atoms with Crippen LogP contribution in [-0.2, 0) is 9.53 Å². The van der Waals surface area contributed by atoms with Crippen molar-refractivity contribution in [2.24, 2.45) is 4.99 Å². The highest BCUT2D eigenvalue weighted by Crippen LogP contribution is 2.42. The molecule has 0 saturated carbocycles. The van der Waals surface area contributed by atoms with Gasteiger partial charge in [-0.25, -0.2) is 9.79 Å². The zero-order valence-electron chi connectivity index (χ0n) is 23.5. The van der Waals surface area contributed by atoms with Gasteiger partial charge in [0.05, 0.1) is 29.5 Å². The molecule has 2 aromatic heterocycles. The average molecular weight is 586 g/mol. The maximum absolute atomic E-state index is 14.4. The van der Waals surface area contributed by atoms with E-state index in [2.05, 4.69) is 4.98 Å². The Bertz CT molecular complexity index is 2240. The lowest BCUT2D eigenvalue weighted by Gasteiger charge is -2.28. The van der Waals surface area contributed by atoms with Crippen molar-refractivity contribution in [3.63, 3.8) is 0 Å². The number of carbonyl (C=O) groups excluding carboxylic acids is 1. The number of rotatable bonds is 6. The lowest BCUT2D eigenvalue weighted by molar-refractivity contribution is -0.138. The van der Waals surface area contributed by atoms with E-state index in [4.69, 9.17) is 14.5 Å². The molecule has 1 aliphatic heterocycles. The Balaban J connectivity index is 1.60. The molecule has 0 aliphatic carbocycles. The quantitative estimate of drug-likeness (QED) is 0.259. The minimum atomic E-state index is -0.850. The summed E-state index contributed by atoms with van der Waals surface area (Å²) in [6, 6.07) is 28.4. The number of ether oxygens (including phenoxy) is 2. The fourth-order valence-corrected chi connectivity index (χ4v) is 6.80. The number of nitrogens with zero attached hydrogens (tertiary/aromatic N) is 2. The summed E-state index contributed by atoms with van der Waals surface area (Å²) >= 11 is 1.30. The SMILES string of the molecule is CCOC(=O)C1=C(c2ccccc2)N=c2s/c(=C\c3c[nH]c4ccccc34)c(=O)n2[C@@H]1c1c(OC)ccc2ccccc12. The van der Waals surface area contributed by atoms with Gasteiger partial charge in [-0.3, -0.25) is 9.36 Å². The Kier molecular flexibility index (Phi) is 6.75. The highest BCUT2D eigenvalue weighted by atomic mass is 32.1. The molecule has 0 radical (unpaired) electrons. The van der Waals surface area contributed by atoms with Gasteiger partial charge in [0.25, 0.3) is 5.56 Å². The minimum absolute atomic E-state index is 0.175. The van der Waals surface area contributed by atoms with Crippen LogP contribution in [0, 0.1) is 0 Å². The van der Waals surface area contributed by atoms with Crippen LogP contribution in [0.3, 0.4) is 0 Å². The van der Waals surface area contributed by atoms with Gasteiger partial charge in [0, 0.05) is 33.8 Å². The fourth-order valence-electron chi connectivity index (χ4n) is 5.80. The predicted molar refractivity (Wildman–Crippen MR) is 170 cm³/mol. The van der Waals surface area contributed by atoms with Gasteiger partial charge >= 0.3 is 5.97 Å². The topological polar surface area (TPSA) is 85.7 Å². The molecule has 0 bridgehead atoms. The zero-order chi connectivity index (χ0) is 29.5. The molecule has 0 spiro atoms. The number of aromatic amines is 1. The summed E-state index contributed by atoms with van der Waals surface area (Å²) in [6.45, 7) is 1.94. The molecule has 0 fully saturated rings. The normalized spacial score (nSPS) is 15.0. The average Bonchev–Trinajstić information content (AvgIpc) is 3.60. The summed E-state index contributed by atoms with van der Waals surface area (Å²) < 4.78 is 13.7. The second-order valence-electron chi connectivity index (χ2n) is 10.1. The van der Waals surface area contributed by atoms with E-state index in [1.54, 1.807) is 18.6 Å². The maximum Gasteiger partial charge on any atom is 0.338 e. The van der Waals surface area contributed by atoms with E-state index in [0.717, 1.165) is 32.8 Å². The zero-order valence-corrected chi connectivity index (χ0v) is 24.4. The summed E-state index contributed by atoms with van der Waals surface area (Å²) in [5, 5.41) is 2.84. The van der Waals surface area contributed by atoms with Gasteiger partial charge in [-0.2, -0.15) is 0 Å². The lowest BCUT2D eigenvalue weighted by Crippen LogP contribution is -2.40. The van der Waals surface area contributed by atoms with Crippen LogP contribution < -0.4 is 19.6 Å². The first-order chi connectivity index (χ1) is 21.1. The van der Waals surface area contributed by atoms with Crippen molar-refractivity contribution in [1.29, 1.82) is 0 Å². The molecular formula is C35H27N3O4S. The Morgan fingerprint density at radius 3 is 2.51 bits per heavy atom. The molecule has 0 saturated heterocycles. The van der Waals surface area contributed by atoms with Crippen molar-refractivity contribution >= 4 is 50.8 Å². The van der Waals surface area contributed by atoms with E-state index in [1.807, 2.05) is 103 Å². The molecule has 7 rings (SSSR count). The molecule has 212 valence electrons. The van der Waals surface area contributed by atoms with E-state index >= 15 is 0 Å². The van der Waals surface area contributed by atoms with E-state index in [9.17, 15) is 9.59 Å². The Morgan fingerprint density at radius 2 is 1.72 bits per heavy atom. The van der Waals surface area contributed by atoms with Gasteiger partial charge in [-0.1, -0.05) is 90.2 Å². The molecule has 6 aromatic rings. The summed E-state index contributed by atoms with van der Waals surface area (Å²) in [7, 11) is 1.60. The number of esters is 1. The third-order valence-electron chi connectivity index (χ3n) is 7.71. The highest BCUT2D eigenvalue weighted by Gasteiger charge is 2.37. The van der Waals surface area contributed by atoms with Crippen molar-refractivity contribution < 1.29 is 14.3 Å². The summed E-state index contributed by atoms with van der Waals surface area (Å²) in [5.74, 6) is 0.0296. The number of hydrogen-bond acceptors (Lipinski definition) is 6. The number of thiazole rings is 1. The van der Waals surface area contributed by atoms with E-state index < -0.39 is 12.0 Å². The molecule has 0 amide bonds. The van der Waals surface area contributed by atoms with E-state index in [1.165, 1.54) is 11.3 Å². The number of H-pyrrole nitrogens is 1. The Morgan fingerprint density at radius 1 is 0.977 bits per heavy atom. The van der Waals surface area contributed by atoms with Gasteiger partial charge in [0.1, 0.15) is 11.8 Å². The number of para-hydroxylation sites is 1. The van der Waals surface area contributed by atoms with Crippen LogP contribution in [0.2, 0.25) is 0 Å². The van der Waals surface area contributed by atoms with Crippen molar-refractivity contribution in [3.05, 3.63) is 139 Å². The molecule has 3 heterocycles. The molecule has 4 aromatic carbocycles. The lowest BCUT2D eigenvalue weighted by atomic mass is 9.89. The second-order valence-corrected chi connectivity index (χ2v) is 11.1. The van der Waals surface area contributed by atoms with Gasteiger partial charge in [-0.05, 0) is 35.9 Å². The molecule has 8 heteroatoms. The highest BCUT2D eigenvalue weighted by molar-refractivity contribution is 7.07. The van der Waals surface area contributed by atoms with E-state index in [-0.39, 0.29) is 17.7 Å². The summed E-state index contributed by atoms with van der Waals surface area (Å²) in [6.07, 6.45) is 3.78. The second kappa shape index (κ2) is 10.9. The molecule has 1 N–H and O–H groups in total. The first-order valence-electron chi connectivity index (χ1n) is 14.0. The molecule has 1 aliphatic rings. The van der Waals surface area contributed by atoms with Gasteiger partial charge in [0.2, 0.25) is 0 Å². The smallest absolute Gasteiger partial charge is 0.338 e. The summed E-state index contributed by atoms with van der Waals surface area (Å²) in [5.41, 5.74) is 3.84. The number of hydrogen-bond donors (Lipinski definition) is 1. The van der Waals surface area contributed by atoms with Crippen LogP contribution >= 0.6 is 11.3 Å². The monoisotopic (exact) mass is 585 g/mol. The van der Waals surface area contributed by atoms with Crippen LogP contribution in [0.15, 0.2) is 113 Å². The van der Waals surface area contributed by atoms with Crippen LogP contribution in [0.4, 0.5) is 0 Å². The van der Waals surface area contributed by atoms with Crippen molar-refractivity contribution in [1.82, 2.24) is 9.55 Å². The minimum Gasteiger partial charge on any atom is -0.496 e. The van der Waals surface area contributed by atoms with Gasteiger partial charge < -0.3 is 14.5 Å². The first kappa shape index (κ1) is 26.7. The Labute approximate surface area is 250 Å². The number of carbonyl (C=O) groups is 1. The van der Waals surface area contributed by atoms with Crippen molar-refractivity contribution in [3.8, 4) is 5.75 Å². The van der Waals surface area contributed by atoms with Crippen molar-refractivity contribution in [2.75, 3.05) is 13.7 Å². The standard InChI is InChI=1S/C35H27N3O4S/c1-3-42-34(40)30-31(22-12-5-4-6-13-22)37-35-38(32(30)29-25-15-8-7-11-21(25)17-18-27(29)41-2)33(39)28(43-35)19-23-20-36-26-16-10-9-14-24(23)26/h4-20,32,36H,3H2,1-2H3/b28-19-/t32-/m1/s1. The number of methoxy groups -OCH3 is 1. The van der Waals surface area contributed by atoms with Crippen LogP contribution in [0.1, 0.15) is 29.7 Å². The molecule has 0 unspecified atom stereocenters. The number of aromatic nitrogens is 2. The number of fused-ring (bicyclic) bond motifs is 3. The van der Waals surface area contributed by atoms with E-state index in [0.29, 0.717) is 26.3 Å². The summed E-state index contributed by atoms with van der Waals surface area (Å²) in [4.78, 5) is 37.1. The molecular weight excluding hydrogens is 558 g/mol. The molecule has 1 atom stereocenters. The van der Waals surface area contributed by atoms with Crippen LogP contribution in [-0.4, -0.2) is 29.2 Å². The maximum atomic E-state index is 14.4. The predicted octanol–water partition coefficient (Wildman–Crippen LogP) is 5.58. The molecule has 7 nitrogen and oxygen atoms in total. The third-order valence-corrected chi connectivity index (χ3v) is 8.69. The largest absolute Gasteiger partial charge is 0.496 e. The van der Waals surface area contributed by atoms with Gasteiger partial charge in [0.15, 0.2) is 4.80 Å². The fraction of sp³-hybridized carbons (Fsp3) is 0.114. The number of nitrogens with one attached hydrogen (secondary N) is 1. The van der Waals surface area contributed by atoms with Crippen LogP contribution in [0.25, 0.3) is 33.4 Å². The van der Waals surface area contributed by atoms with Gasteiger partial charge in [-0.15, -0.1) is 0 Å². The van der Waals surface area contributed by atoms with Crippen molar-refractivity contribution in [2.45, 2.75) is 13.0 Å². The first-order valence-corrected chi connectivity index (χ1v) is 14.8. The number of benzene rings is 4. The molecule has 43 heavy (non-hydrogen) atoms.